The summed E-state index contributed by atoms with van der Waals surface area (Å²) >= 11 is 4.77. The first-order valence-corrected chi connectivity index (χ1v) is 12.7. The molecule has 4 aromatic rings. The monoisotopic (exact) mass is 615 g/mol. The number of nitrogens with zero attached hydrogens (tertiary/aromatic N) is 3. The van der Waals surface area contributed by atoms with Crippen LogP contribution in [0.25, 0.3) is 5.69 Å². The van der Waals surface area contributed by atoms with E-state index in [1.165, 1.54) is 17.3 Å². The van der Waals surface area contributed by atoms with Crippen LogP contribution in [0.15, 0.2) is 88.5 Å². The maximum Gasteiger partial charge on any atom is 0.196 e. The molecular weight excluding hydrogens is 590 g/mol. The first-order chi connectivity index (χ1) is 16.3. The smallest absolute Gasteiger partial charge is 0.196 e. The highest BCUT2D eigenvalue weighted by atomic mass is 79.9. The van der Waals surface area contributed by atoms with E-state index in [4.69, 9.17) is 4.74 Å². The predicted molar refractivity (Wildman–Crippen MR) is 150 cm³/mol. The fourth-order valence-corrected chi connectivity index (χ4v) is 4.50. The van der Waals surface area contributed by atoms with E-state index in [0.717, 1.165) is 15.9 Å². The normalized spacial score (nSPS) is 11.1. The quantitative estimate of drug-likeness (QED) is 0.152. The van der Waals surface area contributed by atoms with Gasteiger partial charge in [-0.05, 0) is 47.4 Å². The summed E-state index contributed by atoms with van der Waals surface area (Å²) in [6, 6.07) is 25.4. The topological polar surface area (TPSA) is 57.0 Å². The van der Waals surface area contributed by atoms with Crippen molar-refractivity contribution in [3.05, 3.63) is 100 Å². The van der Waals surface area contributed by atoms with Crippen molar-refractivity contribution >= 4 is 50.5 Å². The van der Waals surface area contributed by atoms with Gasteiger partial charge in [-0.3, -0.25) is 9.36 Å². The maximum absolute atomic E-state index is 12.7. The average Bonchev–Trinajstić information content (AvgIpc) is 3.24. The second kappa shape index (κ2) is 12.0. The van der Waals surface area contributed by atoms with Crippen molar-refractivity contribution < 1.29 is 9.53 Å². The molecule has 0 atom stereocenters. The van der Waals surface area contributed by atoms with Crippen LogP contribution in [0.2, 0.25) is 0 Å². The number of Topliss-reactive ketones (excluding diaryl/α,β-unsaturated/α-hetero) is 1. The summed E-state index contributed by atoms with van der Waals surface area (Å²) in [4.78, 5) is 12.7. The molecule has 0 saturated carbocycles. The Bertz CT molecular complexity index is 1250. The van der Waals surface area contributed by atoms with Crippen molar-refractivity contribution in [2.24, 2.45) is 0 Å². The van der Waals surface area contributed by atoms with Crippen molar-refractivity contribution in [2.75, 3.05) is 5.75 Å². The van der Waals surface area contributed by atoms with E-state index in [1.54, 1.807) is 0 Å². The van der Waals surface area contributed by atoms with Gasteiger partial charge >= 0.3 is 0 Å². The number of hydrogen-bond donors (Lipinski definition) is 0. The highest BCUT2D eigenvalue weighted by molar-refractivity contribution is 9.10. The van der Waals surface area contributed by atoms with E-state index in [-0.39, 0.29) is 40.5 Å². The molecule has 0 unspecified atom stereocenters. The number of hydrogen-bond acceptors (Lipinski definition) is 5. The zero-order valence-electron chi connectivity index (χ0n) is 19.8. The fourth-order valence-electron chi connectivity index (χ4n) is 3.37. The molecular formula is C27H27Br2N3O2S. The molecule has 0 radical (unpaired) electrons. The number of rotatable bonds is 8. The Balaban J connectivity index is 0.00000342. The lowest BCUT2D eigenvalue weighted by Gasteiger charge is -2.19. The summed E-state index contributed by atoms with van der Waals surface area (Å²) in [6.07, 6.45) is 0. The van der Waals surface area contributed by atoms with Gasteiger partial charge in [0.2, 0.25) is 0 Å². The van der Waals surface area contributed by atoms with E-state index in [9.17, 15) is 4.79 Å². The van der Waals surface area contributed by atoms with Gasteiger partial charge in [0, 0.05) is 15.7 Å². The fraction of sp³-hybridized carbons (Fsp3) is 0.222. The van der Waals surface area contributed by atoms with E-state index in [2.05, 4.69) is 59.0 Å². The van der Waals surface area contributed by atoms with Crippen LogP contribution in [0.1, 0.15) is 42.5 Å². The highest BCUT2D eigenvalue weighted by Gasteiger charge is 2.18. The van der Waals surface area contributed by atoms with Gasteiger partial charge in [0.05, 0.1) is 5.75 Å². The molecule has 0 aliphatic heterocycles. The van der Waals surface area contributed by atoms with Gasteiger partial charge in [-0.15, -0.1) is 27.2 Å². The molecule has 3 aromatic carbocycles. The number of thioether (sulfide) groups is 1. The number of ether oxygens (including phenoxy) is 1. The van der Waals surface area contributed by atoms with E-state index >= 15 is 0 Å². The molecule has 0 spiro atoms. The highest BCUT2D eigenvalue weighted by Crippen LogP contribution is 2.26. The number of carbonyl (C=O) groups excluding carboxylic acids is 1. The molecule has 8 heteroatoms. The van der Waals surface area contributed by atoms with Gasteiger partial charge < -0.3 is 4.74 Å². The molecule has 0 amide bonds. The van der Waals surface area contributed by atoms with Gasteiger partial charge in [0.25, 0.3) is 0 Å². The standard InChI is InChI=1S/C27H26BrN3O2S.BrH/c1-27(2,3)20-11-15-23(16-12-20)33-17-25-29-30-26(31(25)22-7-5-4-6-8-22)34-18-24(32)19-9-13-21(28)14-10-19;/h4-16H,17-18H2,1-3H3;1H. The van der Waals surface area contributed by atoms with Crippen LogP contribution < -0.4 is 4.74 Å². The lowest BCUT2D eigenvalue weighted by molar-refractivity contribution is 0.102. The van der Waals surface area contributed by atoms with Crippen LogP contribution in [-0.2, 0) is 12.0 Å². The first kappa shape index (κ1) is 27.2. The van der Waals surface area contributed by atoms with E-state index < -0.39 is 0 Å². The average molecular weight is 617 g/mol. The minimum absolute atomic E-state index is 0. The number of para-hydroxylation sites is 1. The largest absolute Gasteiger partial charge is 0.486 e. The number of ketones is 1. The van der Waals surface area contributed by atoms with Crippen LogP contribution in [0.5, 0.6) is 5.75 Å². The zero-order chi connectivity index (χ0) is 24.1. The SMILES string of the molecule is Br.CC(C)(C)c1ccc(OCc2nnc(SCC(=O)c3ccc(Br)cc3)n2-c2ccccc2)cc1. The summed E-state index contributed by atoms with van der Waals surface area (Å²) in [6.45, 7) is 6.82. The molecule has 0 saturated heterocycles. The predicted octanol–water partition coefficient (Wildman–Crippen LogP) is 7.46. The molecule has 0 aliphatic rings. The molecule has 0 aliphatic carbocycles. The van der Waals surface area contributed by atoms with E-state index in [1.807, 2.05) is 71.3 Å². The van der Waals surface area contributed by atoms with Gasteiger partial charge in [-0.25, -0.2) is 0 Å². The summed E-state index contributed by atoms with van der Waals surface area (Å²) in [5.41, 5.74) is 2.93. The van der Waals surface area contributed by atoms with Crippen molar-refractivity contribution in [3.8, 4) is 11.4 Å². The van der Waals surface area contributed by atoms with Crippen molar-refractivity contribution in [1.82, 2.24) is 14.8 Å². The Morgan fingerprint density at radius 1 is 0.943 bits per heavy atom. The molecule has 0 bridgehead atoms. The van der Waals surface area contributed by atoms with Crippen molar-refractivity contribution in [2.45, 2.75) is 37.9 Å². The second-order valence-electron chi connectivity index (χ2n) is 8.85. The Hall–Kier alpha value is -2.42. The molecule has 1 heterocycles. The number of aromatic nitrogens is 3. The summed E-state index contributed by atoms with van der Waals surface area (Å²) in [7, 11) is 0. The lowest BCUT2D eigenvalue weighted by Crippen LogP contribution is -2.11. The number of benzene rings is 3. The number of halogens is 2. The Labute approximate surface area is 229 Å². The lowest BCUT2D eigenvalue weighted by atomic mass is 9.87. The summed E-state index contributed by atoms with van der Waals surface area (Å²) in [5.74, 6) is 1.75. The van der Waals surface area contributed by atoms with Crippen molar-refractivity contribution in [3.63, 3.8) is 0 Å². The second-order valence-corrected chi connectivity index (χ2v) is 10.7. The maximum atomic E-state index is 12.7. The Morgan fingerprint density at radius 3 is 2.23 bits per heavy atom. The zero-order valence-corrected chi connectivity index (χ0v) is 23.9. The molecule has 5 nitrogen and oxygen atoms in total. The van der Waals surface area contributed by atoms with Crippen LogP contribution >= 0.6 is 44.7 Å². The Morgan fingerprint density at radius 2 is 1.60 bits per heavy atom. The van der Waals surface area contributed by atoms with E-state index in [0.29, 0.717) is 16.5 Å². The molecule has 182 valence electrons. The molecule has 1 aromatic heterocycles. The van der Waals surface area contributed by atoms with Gasteiger partial charge in [-0.2, -0.15) is 0 Å². The molecule has 0 N–H and O–H groups in total. The van der Waals surface area contributed by atoms with Crippen LogP contribution in [0.3, 0.4) is 0 Å². The molecule has 35 heavy (non-hydrogen) atoms. The molecule has 0 fully saturated rings. The van der Waals surface area contributed by atoms with Crippen LogP contribution in [0, 0.1) is 0 Å². The van der Waals surface area contributed by atoms with Crippen LogP contribution in [-0.4, -0.2) is 26.3 Å². The summed E-state index contributed by atoms with van der Waals surface area (Å²) < 4.78 is 8.93. The minimum atomic E-state index is 0. The van der Waals surface area contributed by atoms with Crippen LogP contribution in [0.4, 0.5) is 0 Å². The van der Waals surface area contributed by atoms with Gasteiger partial charge in [-0.1, -0.05) is 90.9 Å². The third-order valence-corrected chi connectivity index (χ3v) is 6.76. The first-order valence-electron chi connectivity index (χ1n) is 11.0. The van der Waals surface area contributed by atoms with Crippen molar-refractivity contribution in [1.29, 1.82) is 0 Å². The van der Waals surface area contributed by atoms with Gasteiger partial charge in [0.1, 0.15) is 12.4 Å². The molecule has 4 rings (SSSR count). The third-order valence-electron chi connectivity index (χ3n) is 5.30. The Kier molecular flexibility index (Phi) is 9.33. The number of carbonyl (C=O) groups is 1. The third kappa shape index (κ3) is 7.06. The summed E-state index contributed by atoms with van der Waals surface area (Å²) in [5, 5.41) is 9.39. The van der Waals surface area contributed by atoms with Gasteiger partial charge in [0.15, 0.2) is 16.8 Å². The minimum Gasteiger partial charge on any atom is -0.486 e.